The van der Waals surface area contributed by atoms with Crippen molar-refractivity contribution in [3.8, 4) is 11.5 Å². The van der Waals surface area contributed by atoms with Gasteiger partial charge in [-0.1, -0.05) is 13.0 Å². The number of anilines is 1. The molecule has 9 heteroatoms. The van der Waals surface area contributed by atoms with Crippen LogP contribution in [0.3, 0.4) is 0 Å². The molecule has 2 bridgehead atoms. The van der Waals surface area contributed by atoms with Crippen molar-refractivity contribution >= 4 is 23.3 Å². The predicted molar refractivity (Wildman–Crippen MR) is 121 cm³/mol. The Morgan fingerprint density at radius 1 is 1.24 bits per heavy atom. The van der Waals surface area contributed by atoms with E-state index >= 15 is 0 Å². The number of amides is 1. The molecule has 0 radical (unpaired) electrons. The van der Waals surface area contributed by atoms with Gasteiger partial charge in [0.15, 0.2) is 11.5 Å². The Morgan fingerprint density at radius 2 is 1.97 bits per heavy atom. The molecule has 5 atom stereocenters. The summed E-state index contributed by atoms with van der Waals surface area (Å²) in [4.78, 5) is 37.6. The first-order valence-corrected chi connectivity index (χ1v) is 11.5. The second-order valence-corrected chi connectivity index (χ2v) is 10.2. The highest BCUT2D eigenvalue weighted by Gasteiger charge is 2.63. The van der Waals surface area contributed by atoms with Crippen molar-refractivity contribution in [3.05, 3.63) is 29.8 Å². The SMILES string of the molecule is COC(=O)c1ccc(O)c(NC(=O)CC[C@]2(C)C(=O)C=CC34CC(CCC32)C(O)(CO)C4)c1O. The van der Waals surface area contributed by atoms with E-state index in [4.69, 9.17) is 0 Å². The summed E-state index contributed by atoms with van der Waals surface area (Å²) in [5.74, 6) is -2.54. The van der Waals surface area contributed by atoms with Crippen LogP contribution >= 0.6 is 0 Å². The molecule has 4 unspecified atom stereocenters. The monoisotopic (exact) mass is 473 g/mol. The number of carbonyl (C=O) groups is 3. The first-order chi connectivity index (χ1) is 16.0. The number of methoxy groups -OCH3 is 1. The minimum atomic E-state index is -1.16. The molecule has 1 aromatic rings. The van der Waals surface area contributed by atoms with Crippen LogP contribution in [-0.4, -0.2) is 57.4 Å². The van der Waals surface area contributed by atoms with Gasteiger partial charge < -0.3 is 30.5 Å². The Morgan fingerprint density at radius 3 is 2.65 bits per heavy atom. The number of nitrogens with one attached hydrogen (secondary N) is 1. The number of phenols is 2. The maximum absolute atomic E-state index is 13.0. The topological polar surface area (TPSA) is 153 Å². The minimum absolute atomic E-state index is 0.0211. The molecular weight excluding hydrogens is 442 g/mol. The van der Waals surface area contributed by atoms with Crippen LogP contribution in [0.5, 0.6) is 11.5 Å². The zero-order chi connectivity index (χ0) is 24.9. The van der Waals surface area contributed by atoms with Crippen LogP contribution in [0.1, 0.15) is 55.8 Å². The van der Waals surface area contributed by atoms with Crippen molar-refractivity contribution < 1.29 is 39.5 Å². The number of ketones is 1. The zero-order valence-electron chi connectivity index (χ0n) is 19.3. The molecule has 4 rings (SSSR count). The second kappa shape index (κ2) is 8.39. The Kier molecular flexibility index (Phi) is 5.98. The Balaban J connectivity index is 1.52. The molecule has 0 aromatic heterocycles. The summed E-state index contributed by atoms with van der Waals surface area (Å²) < 4.78 is 4.59. The number of allylic oxidation sites excluding steroid dienone is 2. The molecule has 0 saturated heterocycles. The van der Waals surface area contributed by atoms with Crippen molar-refractivity contribution in [2.24, 2.45) is 22.7 Å². The number of esters is 1. The van der Waals surface area contributed by atoms with Gasteiger partial charge in [0.05, 0.1) is 19.3 Å². The van der Waals surface area contributed by atoms with Crippen LogP contribution in [0.4, 0.5) is 5.69 Å². The number of phenolic OH excluding ortho intramolecular Hbond substituents is 2. The summed E-state index contributed by atoms with van der Waals surface area (Å²) in [6.45, 7) is 1.53. The molecule has 1 spiro atoms. The summed E-state index contributed by atoms with van der Waals surface area (Å²) >= 11 is 0. The summed E-state index contributed by atoms with van der Waals surface area (Å²) in [7, 11) is 1.15. The van der Waals surface area contributed by atoms with E-state index in [2.05, 4.69) is 10.1 Å². The summed E-state index contributed by atoms with van der Waals surface area (Å²) in [6.07, 6.45) is 6.13. The molecule has 0 aliphatic heterocycles. The van der Waals surface area contributed by atoms with Gasteiger partial charge in [-0.3, -0.25) is 9.59 Å². The molecule has 9 nitrogen and oxygen atoms in total. The summed E-state index contributed by atoms with van der Waals surface area (Å²) in [5.41, 5.74) is -2.89. The highest BCUT2D eigenvalue weighted by molar-refractivity contribution is 6.01. The molecule has 0 heterocycles. The summed E-state index contributed by atoms with van der Waals surface area (Å²) in [6, 6.07) is 2.36. The standard InChI is InChI=1S/C25H31NO8/c1-23(9-8-19(30)26-20-16(28)5-4-15(21(20)31)22(32)34-2)17-6-3-14-11-24(17,10-7-18(23)29)12-25(14,33)13-27/h4-5,7,10,14,17,27-28,31,33H,3,6,8-9,11-13H2,1-2H3,(H,26,30)/t14?,17?,23-,24?,25?/m0/s1. The number of hydrogen-bond acceptors (Lipinski definition) is 8. The van der Waals surface area contributed by atoms with Gasteiger partial charge in [-0.15, -0.1) is 0 Å². The molecule has 5 N–H and O–H groups in total. The average molecular weight is 474 g/mol. The van der Waals surface area contributed by atoms with E-state index in [0.29, 0.717) is 25.7 Å². The first-order valence-electron chi connectivity index (χ1n) is 11.5. The lowest BCUT2D eigenvalue weighted by Gasteiger charge is -2.50. The van der Waals surface area contributed by atoms with Crippen LogP contribution in [0.2, 0.25) is 0 Å². The molecule has 184 valence electrons. The minimum Gasteiger partial charge on any atom is -0.506 e. The quantitative estimate of drug-likeness (QED) is 0.312. The van der Waals surface area contributed by atoms with E-state index in [1.807, 2.05) is 13.0 Å². The summed E-state index contributed by atoms with van der Waals surface area (Å²) in [5, 5.41) is 43.6. The highest BCUT2D eigenvalue weighted by Crippen LogP contribution is 2.65. The van der Waals surface area contributed by atoms with Crippen LogP contribution in [0.15, 0.2) is 24.3 Å². The van der Waals surface area contributed by atoms with E-state index in [9.17, 15) is 34.8 Å². The third-order valence-corrected chi connectivity index (χ3v) is 8.39. The fraction of sp³-hybridized carbons (Fsp3) is 0.560. The van der Waals surface area contributed by atoms with E-state index in [1.54, 1.807) is 6.08 Å². The van der Waals surface area contributed by atoms with Gasteiger partial charge in [-0.25, -0.2) is 4.79 Å². The van der Waals surface area contributed by atoms with E-state index in [-0.39, 0.29) is 48.3 Å². The van der Waals surface area contributed by atoms with Crippen molar-refractivity contribution in [2.45, 2.75) is 51.0 Å². The molecule has 3 aliphatic rings. The number of aromatic hydroxyl groups is 2. The molecule has 34 heavy (non-hydrogen) atoms. The number of aliphatic hydroxyl groups excluding tert-OH is 1. The first kappa shape index (κ1) is 24.2. The lowest BCUT2D eigenvalue weighted by Crippen LogP contribution is -2.48. The normalized spacial score (nSPS) is 33.9. The smallest absolute Gasteiger partial charge is 0.341 e. The van der Waals surface area contributed by atoms with Gasteiger partial charge in [-0.05, 0) is 67.6 Å². The predicted octanol–water partition coefficient (Wildman–Crippen LogP) is 2.28. The zero-order valence-corrected chi connectivity index (χ0v) is 19.3. The van der Waals surface area contributed by atoms with Crippen molar-refractivity contribution in [2.75, 3.05) is 19.0 Å². The van der Waals surface area contributed by atoms with Crippen LogP contribution in [0.25, 0.3) is 0 Å². The molecular formula is C25H31NO8. The third kappa shape index (κ3) is 3.67. The molecule has 2 saturated carbocycles. The van der Waals surface area contributed by atoms with E-state index in [1.165, 1.54) is 12.1 Å². The number of ether oxygens (including phenoxy) is 1. The lowest BCUT2D eigenvalue weighted by molar-refractivity contribution is -0.133. The van der Waals surface area contributed by atoms with Gasteiger partial charge in [0.2, 0.25) is 5.91 Å². The van der Waals surface area contributed by atoms with Gasteiger partial charge >= 0.3 is 5.97 Å². The second-order valence-electron chi connectivity index (χ2n) is 10.2. The number of rotatable bonds is 6. The molecule has 2 fully saturated rings. The molecule has 3 aliphatic carbocycles. The number of hydrogen-bond donors (Lipinski definition) is 5. The van der Waals surface area contributed by atoms with Crippen LogP contribution in [-0.2, 0) is 14.3 Å². The Labute approximate surface area is 197 Å². The van der Waals surface area contributed by atoms with Crippen molar-refractivity contribution in [1.29, 1.82) is 0 Å². The maximum atomic E-state index is 13.0. The fourth-order valence-corrected chi connectivity index (χ4v) is 6.56. The highest BCUT2D eigenvalue weighted by atomic mass is 16.5. The van der Waals surface area contributed by atoms with Gasteiger partial charge in [-0.2, -0.15) is 0 Å². The van der Waals surface area contributed by atoms with Crippen molar-refractivity contribution in [3.63, 3.8) is 0 Å². The molecule has 1 aromatic carbocycles. The van der Waals surface area contributed by atoms with E-state index < -0.39 is 39.8 Å². The van der Waals surface area contributed by atoms with Crippen LogP contribution < -0.4 is 5.32 Å². The van der Waals surface area contributed by atoms with Crippen LogP contribution in [0, 0.1) is 22.7 Å². The fourth-order valence-electron chi connectivity index (χ4n) is 6.56. The Hall–Kier alpha value is -2.91. The van der Waals surface area contributed by atoms with Gasteiger partial charge in [0, 0.05) is 11.8 Å². The molecule has 1 amide bonds. The number of aliphatic hydroxyl groups is 2. The number of carbonyl (C=O) groups excluding carboxylic acids is 3. The Bertz CT molecular complexity index is 1070. The average Bonchev–Trinajstić information content (AvgIpc) is 3.03. The van der Waals surface area contributed by atoms with Gasteiger partial charge in [0.1, 0.15) is 17.0 Å². The number of fused-ring (bicyclic) bond motifs is 1. The third-order valence-electron chi connectivity index (χ3n) is 8.39. The largest absolute Gasteiger partial charge is 0.506 e. The van der Waals surface area contributed by atoms with E-state index in [0.717, 1.165) is 7.11 Å². The lowest BCUT2D eigenvalue weighted by atomic mass is 9.52. The van der Waals surface area contributed by atoms with Crippen molar-refractivity contribution in [1.82, 2.24) is 0 Å². The van der Waals surface area contributed by atoms with Gasteiger partial charge in [0.25, 0.3) is 0 Å². The number of benzene rings is 1. The maximum Gasteiger partial charge on any atom is 0.341 e.